The Labute approximate surface area is 193 Å². The molecule has 0 radical (unpaired) electrons. The third-order valence-electron chi connectivity index (χ3n) is 5.06. The van der Waals surface area contributed by atoms with E-state index in [1.165, 1.54) is 30.0 Å². The number of hydrogen-bond donors (Lipinski definition) is 1. The zero-order valence-electron chi connectivity index (χ0n) is 17.3. The molecule has 1 fully saturated rings. The van der Waals surface area contributed by atoms with Gasteiger partial charge in [0.25, 0.3) is 5.69 Å². The quantitative estimate of drug-likeness (QED) is 0.307. The Bertz CT molecular complexity index is 1140. The summed E-state index contributed by atoms with van der Waals surface area (Å²) in [4.78, 5) is 25.4. The highest BCUT2D eigenvalue weighted by atomic mass is 35.5. The highest BCUT2D eigenvalue weighted by Crippen LogP contribution is 2.30. The zero-order valence-corrected chi connectivity index (χ0v) is 18.9. The number of amides is 1. The van der Waals surface area contributed by atoms with Crippen molar-refractivity contribution in [2.45, 2.75) is 24.9 Å². The van der Waals surface area contributed by atoms with Crippen molar-refractivity contribution < 1.29 is 9.72 Å². The maximum Gasteiger partial charge on any atom is 0.294 e. The smallest absolute Gasteiger partial charge is 0.294 e. The van der Waals surface area contributed by atoms with Gasteiger partial charge in [-0.15, -0.1) is 10.2 Å². The highest BCUT2D eigenvalue weighted by Gasteiger charge is 2.23. The normalized spacial score (nSPS) is 13.4. The molecule has 1 N–H and O–H groups in total. The van der Waals surface area contributed by atoms with Gasteiger partial charge in [-0.25, -0.2) is 0 Å². The Kier molecular flexibility index (Phi) is 6.61. The second-order valence-corrected chi connectivity index (χ2v) is 8.78. The van der Waals surface area contributed by atoms with Gasteiger partial charge in [-0.1, -0.05) is 41.1 Å². The molecule has 166 valence electrons. The number of nitro benzene ring substituents is 1. The lowest BCUT2D eigenvalue weighted by Gasteiger charge is -2.18. The summed E-state index contributed by atoms with van der Waals surface area (Å²) in [5.74, 6) is 0.383. The molecular weight excluding hydrogens is 452 g/mol. The summed E-state index contributed by atoms with van der Waals surface area (Å²) in [5.41, 5.74) is 1.90. The molecule has 0 bridgehead atoms. The van der Waals surface area contributed by atoms with Gasteiger partial charge < -0.3 is 10.2 Å². The molecule has 1 aliphatic rings. The van der Waals surface area contributed by atoms with Gasteiger partial charge in [-0.3, -0.25) is 19.5 Å². The first-order valence-electron chi connectivity index (χ1n) is 10.1. The summed E-state index contributed by atoms with van der Waals surface area (Å²) < 4.78 is 1.95. The molecule has 1 amide bonds. The third-order valence-corrected chi connectivity index (χ3v) is 6.22. The van der Waals surface area contributed by atoms with Crippen molar-refractivity contribution in [1.29, 1.82) is 0 Å². The second kappa shape index (κ2) is 9.58. The fourth-order valence-corrected chi connectivity index (χ4v) is 4.39. The van der Waals surface area contributed by atoms with Crippen LogP contribution in [-0.4, -0.2) is 44.4 Å². The second-order valence-electron chi connectivity index (χ2n) is 7.40. The minimum atomic E-state index is -0.578. The standard InChI is InChI=1S/C21H21ClN6O3S/c1-14-4-7-16(8-5-14)27-20(26-10-2-3-11-26)24-25-21(27)32-13-19(29)23-17-9-6-15(22)12-18(17)28(30)31/h4-9,12H,2-3,10-11,13H2,1H3,(H,23,29). The first-order chi connectivity index (χ1) is 15.4. The maximum atomic E-state index is 12.5. The van der Waals surface area contributed by atoms with Gasteiger partial charge in [0.2, 0.25) is 11.9 Å². The van der Waals surface area contributed by atoms with Gasteiger partial charge >= 0.3 is 0 Å². The lowest BCUT2D eigenvalue weighted by Crippen LogP contribution is -2.22. The summed E-state index contributed by atoms with van der Waals surface area (Å²) in [6, 6.07) is 12.2. The molecule has 2 aromatic carbocycles. The Morgan fingerprint density at radius 1 is 1.19 bits per heavy atom. The first kappa shape index (κ1) is 22.1. The molecule has 0 atom stereocenters. The van der Waals surface area contributed by atoms with E-state index in [9.17, 15) is 14.9 Å². The number of carbonyl (C=O) groups is 1. The number of nitro groups is 1. The van der Waals surface area contributed by atoms with Crippen molar-refractivity contribution in [1.82, 2.24) is 14.8 Å². The van der Waals surface area contributed by atoms with Gasteiger partial charge in [0, 0.05) is 24.2 Å². The van der Waals surface area contributed by atoms with E-state index in [0.717, 1.165) is 43.1 Å². The number of halogens is 1. The Balaban J connectivity index is 1.54. The summed E-state index contributed by atoms with van der Waals surface area (Å²) in [5, 5.41) is 23.4. The molecule has 11 heteroatoms. The minimum absolute atomic E-state index is 0.0176. The number of hydrogen-bond acceptors (Lipinski definition) is 7. The minimum Gasteiger partial charge on any atom is -0.341 e. The molecule has 1 saturated heterocycles. The van der Waals surface area contributed by atoms with Crippen molar-refractivity contribution in [3.8, 4) is 5.69 Å². The lowest BCUT2D eigenvalue weighted by molar-refractivity contribution is -0.383. The first-order valence-corrected chi connectivity index (χ1v) is 11.4. The van der Waals surface area contributed by atoms with Crippen LogP contribution in [-0.2, 0) is 4.79 Å². The number of rotatable bonds is 7. The van der Waals surface area contributed by atoms with Crippen molar-refractivity contribution in [2.24, 2.45) is 0 Å². The Morgan fingerprint density at radius 3 is 2.59 bits per heavy atom. The van der Waals surface area contributed by atoms with Crippen LogP contribution >= 0.6 is 23.4 Å². The summed E-state index contributed by atoms with van der Waals surface area (Å²) in [6.45, 7) is 3.85. The highest BCUT2D eigenvalue weighted by molar-refractivity contribution is 7.99. The van der Waals surface area contributed by atoms with E-state index in [2.05, 4.69) is 20.4 Å². The molecule has 2 heterocycles. The molecule has 0 aliphatic carbocycles. The van der Waals surface area contributed by atoms with Crippen LogP contribution < -0.4 is 10.2 Å². The van der Waals surface area contributed by atoms with E-state index in [-0.39, 0.29) is 28.1 Å². The van der Waals surface area contributed by atoms with E-state index in [1.807, 2.05) is 35.8 Å². The summed E-state index contributed by atoms with van der Waals surface area (Å²) >= 11 is 7.06. The number of anilines is 2. The predicted molar refractivity (Wildman–Crippen MR) is 125 cm³/mol. The number of aryl methyl sites for hydroxylation is 1. The average molecular weight is 473 g/mol. The lowest BCUT2D eigenvalue weighted by atomic mass is 10.2. The van der Waals surface area contributed by atoms with Gasteiger partial charge in [0.15, 0.2) is 5.16 Å². The van der Waals surface area contributed by atoms with Gasteiger partial charge in [-0.2, -0.15) is 0 Å². The number of nitrogens with one attached hydrogen (secondary N) is 1. The molecule has 3 aromatic rings. The van der Waals surface area contributed by atoms with Crippen LogP contribution in [0.4, 0.5) is 17.3 Å². The maximum absolute atomic E-state index is 12.5. The fourth-order valence-electron chi connectivity index (χ4n) is 3.48. The van der Waals surface area contributed by atoms with Crippen molar-refractivity contribution in [3.05, 3.63) is 63.2 Å². The fraction of sp³-hybridized carbons (Fsp3) is 0.286. The van der Waals surface area contributed by atoms with Gasteiger partial charge in [0.05, 0.1) is 16.4 Å². The van der Waals surface area contributed by atoms with E-state index in [0.29, 0.717) is 5.16 Å². The van der Waals surface area contributed by atoms with Crippen LogP contribution in [0.25, 0.3) is 5.69 Å². The van der Waals surface area contributed by atoms with Gasteiger partial charge in [-0.05, 0) is 44.0 Å². The molecule has 32 heavy (non-hydrogen) atoms. The number of thioether (sulfide) groups is 1. The van der Waals surface area contributed by atoms with Crippen LogP contribution in [0, 0.1) is 17.0 Å². The SMILES string of the molecule is Cc1ccc(-n2c(SCC(=O)Nc3ccc(Cl)cc3[N+](=O)[O-])nnc2N2CCCC2)cc1. The molecule has 0 saturated carbocycles. The molecular formula is C21H21ClN6O3S. The number of benzene rings is 2. The van der Waals surface area contributed by atoms with E-state index >= 15 is 0 Å². The molecule has 4 rings (SSSR count). The van der Waals surface area contributed by atoms with E-state index < -0.39 is 4.92 Å². The molecule has 1 aliphatic heterocycles. The third kappa shape index (κ3) is 4.86. The van der Waals surface area contributed by atoms with Crippen LogP contribution in [0.15, 0.2) is 47.6 Å². The molecule has 1 aromatic heterocycles. The van der Waals surface area contributed by atoms with E-state index in [1.54, 1.807) is 0 Å². The summed E-state index contributed by atoms with van der Waals surface area (Å²) in [6.07, 6.45) is 2.21. The topological polar surface area (TPSA) is 106 Å². The van der Waals surface area contributed by atoms with Crippen molar-refractivity contribution in [3.63, 3.8) is 0 Å². The number of aromatic nitrogens is 3. The molecule has 9 nitrogen and oxygen atoms in total. The van der Waals surface area contributed by atoms with Crippen molar-refractivity contribution >= 4 is 46.6 Å². The number of carbonyl (C=O) groups excluding carboxylic acids is 1. The van der Waals surface area contributed by atoms with Crippen LogP contribution in [0.2, 0.25) is 5.02 Å². The zero-order chi connectivity index (χ0) is 22.7. The predicted octanol–water partition coefficient (Wildman–Crippen LogP) is 4.47. The van der Waals surface area contributed by atoms with Crippen molar-refractivity contribution in [2.75, 3.05) is 29.1 Å². The van der Waals surface area contributed by atoms with Gasteiger partial charge in [0.1, 0.15) is 5.69 Å². The number of nitrogens with zero attached hydrogens (tertiary/aromatic N) is 5. The van der Waals surface area contributed by atoms with Crippen LogP contribution in [0.3, 0.4) is 0 Å². The van der Waals surface area contributed by atoms with Crippen LogP contribution in [0.5, 0.6) is 0 Å². The monoisotopic (exact) mass is 472 g/mol. The van der Waals surface area contributed by atoms with E-state index in [4.69, 9.17) is 11.6 Å². The van der Waals surface area contributed by atoms with Crippen LogP contribution in [0.1, 0.15) is 18.4 Å². The summed E-state index contributed by atoms with van der Waals surface area (Å²) in [7, 11) is 0. The largest absolute Gasteiger partial charge is 0.341 e. The Hall–Kier alpha value is -3.11. The molecule has 0 unspecified atom stereocenters. The molecule has 0 spiro atoms. The average Bonchev–Trinajstić information content (AvgIpc) is 3.43. The Morgan fingerprint density at radius 2 is 1.91 bits per heavy atom.